The molecule has 0 aromatic heterocycles. The van der Waals surface area contributed by atoms with Crippen LogP contribution in [0, 0.1) is 5.92 Å². The van der Waals surface area contributed by atoms with Gasteiger partial charge >= 0.3 is 0 Å². The van der Waals surface area contributed by atoms with Gasteiger partial charge in [-0.25, -0.2) is 0 Å². The fraction of sp³-hybridized carbons (Fsp3) is 0.500. The molecule has 1 saturated carbocycles. The number of hydrogen-bond acceptors (Lipinski definition) is 2. The van der Waals surface area contributed by atoms with Crippen LogP contribution in [0.2, 0.25) is 0 Å². The quantitative estimate of drug-likeness (QED) is 0.724. The summed E-state index contributed by atoms with van der Waals surface area (Å²) in [5.74, 6) is 1.67. The Labute approximate surface area is 96.6 Å². The fourth-order valence-electron chi connectivity index (χ4n) is 1.84. The second-order valence-electron chi connectivity index (χ2n) is 4.75. The summed E-state index contributed by atoms with van der Waals surface area (Å²) in [6.45, 7) is 4.27. The molecule has 86 valence electrons. The first-order valence-electron chi connectivity index (χ1n) is 5.85. The molecule has 0 unspecified atom stereocenters. The van der Waals surface area contributed by atoms with Crippen LogP contribution in [0.5, 0.6) is 5.75 Å². The number of ketones is 1. The monoisotopic (exact) mass is 218 g/mol. The first-order valence-corrected chi connectivity index (χ1v) is 5.85. The Bertz CT molecular complexity index is 403. The average Bonchev–Trinajstić information content (AvgIpc) is 3.11. The number of carbonyl (C=O) groups excluding carboxylic acids is 1. The summed E-state index contributed by atoms with van der Waals surface area (Å²) in [5, 5.41) is 0. The first-order chi connectivity index (χ1) is 7.63. The number of carbonyl (C=O) groups is 1. The maximum atomic E-state index is 12.0. The van der Waals surface area contributed by atoms with Crippen LogP contribution in [0.25, 0.3) is 0 Å². The SMILES string of the molecule is COc1cc(C(C)C)ccc1C(=O)C1CC1. The Kier molecular flexibility index (Phi) is 2.99. The summed E-state index contributed by atoms with van der Waals surface area (Å²) in [6, 6.07) is 5.93. The third-order valence-electron chi connectivity index (χ3n) is 3.11. The number of methoxy groups -OCH3 is 1. The molecule has 0 amide bonds. The number of benzene rings is 1. The molecule has 1 aromatic carbocycles. The zero-order chi connectivity index (χ0) is 11.7. The molecule has 2 heteroatoms. The summed E-state index contributed by atoms with van der Waals surface area (Å²) in [6.07, 6.45) is 2.07. The van der Waals surface area contributed by atoms with Crippen LogP contribution in [0.1, 0.15) is 48.5 Å². The van der Waals surface area contributed by atoms with Gasteiger partial charge in [0.05, 0.1) is 12.7 Å². The lowest BCUT2D eigenvalue weighted by atomic mass is 9.98. The molecular weight excluding hydrogens is 200 g/mol. The Balaban J connectivity index is 2.34. The molecule has 0 spiro atoms. The van der Waals surface area contributed by atoms with E-state index in [1.807, 2.05) is 18.2 Å². The molecule has 16 heavy (non-hydrogen) atoms. The second kappa shape index (κ2) is 4.28. The molecule has 0 bridgehead atoms. The molecule has 0 N–H and O–H groups in total. The predicted octanol–water partition coefficient (Wildman–Crippen LogP) is 3.41. The van der Waals surface area contributed by atoms with Crippen molar-refractivity contribution >= 4 is 5.78 Å². The van der Waals surface area contributed by atoms with E-state index in [1.54, 1.807) is 7.11 Å². The van der Waals surface area contributed by atoms with E-state index < -0.39 is 0 Å². The van der Waals surface area contributed by atoms with Gasteiger partial charge in [0.15, 0.2) is 5.78 Å². The zero-order valence-electron chi connectivity index (χ0n) is 10.1. The van der Waals surface area contributed by atoms with Crippen molar-refractivity contribution in [3.63, 3.8) is 0 Å². The van der Waals surface area contributed by atoms with Gasteiger partial charge in [-0.05, 0) is 36.5 Å². The highest BCUT2D eigenvalue weighted by Gasteiger charge is 2.32. The summed E-state index contributed by atoms with van der Waals surface area (Å²) >= 11 is 0. The Morgan fingerprint density at radius 2 is 2.06 bits per heavy atom. The summed E-state index contributed by atoms with van der Waals surface area (Å²) in [7, 11) is 1.63. The smallest absolute Gasteiger partial charge is 0.169 e. The molecule has 2 rings (SSSR count). The second-order valence-corrected chi connectivity index (χ2v) is 4.75. The molecule has 1 aromatic rings. The molecule has 2 nitrogen and oxygen atoms in total. The van der Waals surface area contributed by atoms with Crippen molar-refractivity contribution in [2.24, 2.45) is 5.92 Å². The topological polar surface area (TPSA) is 26.3 Å². The van der Waals surface area contributed by atoms with E-state index in [0.29, 0.717) is 5.92 Å². The minimum absolute atomic E-state index is 0.243. The minimum atomic E-state index is 0.243. The molecule has 0 radical (unpaired) electrons. The van der Waals surface area contributed by atoms with Crippen molar-refractivity contribution in [1.29, 1.82) is 0 Å². The highest BCUT2D eigenvalue weighted by molar-refractivity contribution is 6.01. The van der Waals surface area contributed by atoms with Gasteiger partial charge in [0.1, 0.15) is 5.75 Å². The van der Waals surface area contributed by atoms with Gasteiger partial charge in [-0.2, -0.15) is 0 Å². The third kappa shape index (κ3) is 2.11. The summed E-state index contributed by atoms with van der Waals surface area (Å²) < 4.78 is 5.31. The molecule has 1 aliphatic rings. The maximum absolute atomic E-state index is 12.0. The molecular formula is C14H18O2. The molecule has 0 atom stereocenters. The van der Waals surface area contributed by atoms with E-state index in [9.17, 15) is 4.79 Å². The highest BCUT2D eigenvalue weighted by atomic mass is 16.5. The summed E-state index contributed by atoms with van der Waals surface area (Å²) in [4.78, 5) is 12.0. The lowest BCUT2D eigenvalue weighted by Gasteiger charge is -2.11. The van der Waals surface area contributed by atoms with E-state index >= 15 is 0 Å². The largest absolute Gasteiger partial charge is 0.496 e. The van der Waals surface area contributed by atoms with E-state index in [-0.39, 0.29) is 11.7 Å². The van der Waals surface area contributed by atoms with Crippen LogP contribution >= 0.6 is 0 Å². The van der Waals surface area contributed by atoms with Crippen LogP contribution in [-0.4, -0.2) is 12.9 Å². The number of ether oxygens (including phenoxy) is 1. The number of Topliss-reactive ketones (excluding diaryl/α,β-unsaturated/α-hetero) is 1. The number of rotatable bonds is 4. The molecule has 0 aliphatic heterocycles. The minimum Gasteiger partial charge on any atom is -0.496 e. The fourth-order valence-corrected chi connectivity index (χ4v) is 1.84. The Morgan fingerprint density at radius 3 is 2.56 bits per heavy atom. The van der Waals surface area contributed by atoms with Crippen molar-refractivity contribution in [2.75, 3.05) is 7.11 Å². The van der Waals surface area contributed by atoms with Crippen LogP contribution in [0.15, 0.2) is 18.2 Å². The molecule has 0 saturated heterocycles. The normalized spacial score (nSPS) is 15.2. The van der Waals surface area contributed by atoms with Crippen LogP contribution in [0.3, 0.4) is 0 Å². The average molecular weight is 218 g/mol. The Morgan fingerprint density at radius 1 is 1.38 bits per heavy atom. The van der Waals surface area contributed by atoms with E-state index in [1.165, 1.54) is 5.56 Å². The van der Waals surface area contributed by atoms with Gasteiger partial charge in [0.25, 0.3) is 0 Å². The van der Waals surface area contributed by atoms with Crippen molar-refractivity contribution in [1.82, 2.24) is 0 Å². The van der Waals surface area contributed by atoms with E-state index in [2.05, 4.69) is 13.8 Å². The predicted molar refractivity (Wildman–Crippen MR) is 64.1 cm³/mol. The van der Waals surface area contributed by atoms with Gasteiger partial charge in [-0.1, -0.05) is 19.9 Å². The maximum Gasteiger partial charge on any atom is 0.169 e. The van der Waals surface area contributed by atoms with E-state index in [4.69, 9.17) is 4.74 Å². The van der Waals surface area contributed by atoms with Gasteiger partial charge in [0.2, 0.25) is 0 Å². The van der Waals surface area contributed by atoms with Crippen LogP contribution in [0.4, 0.5) is 0 Å². The Hall–Kier alpha value is -1.31. The lowest BCUT2D eigenvalue weighted by Crippen LogP contribution is -2.05. The molecule has 1 aliphatic carbocycles. The summed E-state index contributed by atoms with van der Waals surface area (Å²) in [5.41, 5.74) is 1.96. The molecule has 0 heterocycles. The van der Waals surface area contributed by atoms with Gasteiger partial charge < -0.3 is 4.74 Å². The van der Waals surface area contributed by atoms with Crippen LogP contribution in [-0.2, 0) is 0 Å². The lowest BCUT2D eigenvalue weighted by molar-refractivity contribution is 0.0964. The van der Waals surface area contributed by atoms with Gasteiger partial charge in [-0.3, -0.25) is 4.79 Å². The first kappa shape index (κ1) is 11.2. The van der Waals surface area contributed by atoms with Gasteiger partial charge in [0, 0.05) is 5.92 Å². The zero-order valence-corrected chi connectivity index (χ0v) is 10.1. The van der Waals surface area contributed by atoms with Crippen molar-refractivity contribution in [3.05, 3.63) is 29.3 Å². The van der Waals surface area contributed by atoms with Crippen molar-refractivity contribution < 1.29 is 9.53 Å². The number of hydrogen-bond donors (Lipinski definition) is 0. The van der Waals surface area contributed by atoms with Crippen molar-refractivity contribution in [3.8, 4) is 5.75 Å². The van der Waals surface area contributed by atoms with Crippen LogP contribution < -0.4 is 4.74 Å². The van der Waals surface area contributed by atoms with E-state index in [0.717, 1.165) is 24.2 Å². The standard InChI is InChI=1S/C14H18O2/c1-9(2)11-6-7-12(13(8-11)16-3)14(15)10-4-5-10/h6-10H,4-5H2,1-3H3. The third-order valence-corrected chi connectivity index (χ3v) is 3.11. The van der Waals surface area contributed by atoms with Gasteiger partial charge in [-0.15, -0.1) is 0 Å². The molecule has 1 fully saturated rings. The van der Waals surface area contributed by atoms with Crippen molar-refractivity contribution in [2.45, 2.75) is 32.6 Å². The highest BCUT2D eigenvalue weighted by Crippen LogP contribution is 2.36.